The molecule has 11 aromatic rings. The van der Waals surface area contributed by atoms with Gasteiger partial charge < -0.3 is 9.14 Å². The van der Waals surface area contributed by atoms with Crippen LogP contribution in [-0.2, 0) is 5.66 Å². The van der Waals surface area contributed by atoms with Crippen molar-refractivity contribution in [3.05, 3.63) is 145 Å². The zero-order chi connectivity index (χ0) is 30.6. The molecule has 8 heterocycles. The lowest BCUT2D eigenvalue weighted by Crippen LogP contribution is -2.72. The summed E-state index contributed by atoms with van der Waals surface area (Å²) in [6.07, 6.45) is 4.50. The van der Waals surface area contributed by atoms with Crippen LogP contribution >= 0.6 is 0 Å². The number of para-hydroxylation sites is 2. The molecule has 1 atom stereocenters. The van der Waals surface area contributed by atoms with Crippen LogP contribution in [0.4, 0.5) is 0 Å². The average molecular weight is 611 g/mol. The van der Waals surface area contributed by atoms with Gasteiger partial charge in [-0.2, -0.15) is 4.40 Å². The Bertz CT molecular complexity index is 3440. The van der Waals surface area contributed by atoms with Gasteiger partial charge in [0.15, 0.2) is 17.2 Å². The number of pyridine rings is 3. The lowest BCUT2D eigenvalue weighted by molar-refractivity contribution is -0.934. The van der Waals surface area contributed by atoms with Crippen molar-refractivity contribution in [1.29, 1.82) is 0 Å². The van der Waals surface area contributed by atoms with E-state index in [0.717, 1.165) is 11.5 Å². The van der Waals surface area contributed by atoms with Crippen molar-refractivity contribution >= 4 is 87.2 Å². The number of rotatable bonds is 0. The molecule has 0 amide bonds. The number of nitrogens with zero attached hydrogens (tertiary/aromatic N) is 4. The lowest BCUT2D eigenvalue weighted by atomic mass is 9.85. The summed E-state index contributed by atoms with van der Waals surface area (Å²) in [4.78, 5) is 0. The summed E-state index contributed by atoms with van der Waals surface area (Å²) < 4.78 is 17.2. The molecule has 5 aromatic heterocycles. The number of hydrogen-bond donors (Lipinski definition) is 0. The lowest BCUT2D eigenvalue weighted by Gasteiger charge is -2.28. The summed E-state index contributed by atoms with van der Waals surface area (Å²) in [5.74, 6) is 1.85. The first kappa shape index (κ1) is 23.0. The highest BCUT2D eigenvalue weighted by atomic mass is 16.5. The average Bonchev–Trinajstić information content (AvgIpc) is 3.91. The number of ether oxygens (including phenoxy) is 1. The number of imidazole rings is 1. The molecular formula is C43H22N4O+2. The first-order valence-electron chi connectivity index (χ1n) is 16.6. The van der Waals surface area contributed by atoms with Crippen LogP contribution < -0.4 is 13.9 Å². The summed E-state index contributed by atoms with van der Waals surface area (Å²) in [6.45, 7) is 0. The third kappa shape index (κ3) is 2.07. The number of benzene rings is 6. The Morgan fingerprint density at radius 2 is 1.23 bits per heavy atom. The molecule has 48 heavy (non-hydrogen) atoms. The second-order valence-corrected chi connectivity index (χ2v) is 13.7. The smallest absolute Gasteiger partial charge is 0.372 e. The maximum absolute atomic E-state index is 7.01. The largest absolute Gasteiger partial charge is 0.456 e. The van der Waals surface area contributed by atoms with Gasteiger partial charge in [0.1, 0.15) is 28.1 Å². The quantitative estimate of drug-likeness (QED) is 0.124. The van der Waals surface area contributed by atoms with Crippen LogP contribution in [-0.4, -0.2) is 8.80 Å². The first-order valence-corrected chi connectivity index (χ1v) is 16.6. The molecule has 0 saturated heterocycles. The minimum Gasteiger partial charge on any atom is -0.456 e. The molecule has 0 N–H and O–H groups in total. The van der Waals surface area contributed by atoms with E-state index < -0.39 is 5.66 Å². The van der Waals surface area contributed by atoms with Gasteiger partial charge in [-0.05, 0) is 70.8 Å². The minimum atomic E-state index is -0.664. The molecule has 6 aromatic carbocycles. The molecule has 0 saturated carbocycles. The van der Waals surface area contributed by atoms with Crippen LogP contribution in [0.15, 0.2) is 134 Å². The molecule has 14 rings (SSSR count). The molecule has 5 heteroatoms. The minimum absolute atomic E-state index is 0.664. The van der Waals surface area contributed by atoms with Gasteiger partial charge in [-0.25, -0.2) is 0 Å². The maximum atomic E-state index is 7.01. The van der Waals surface area contributed by atoms with E-state index in [9.17, 15) is 0 Å². The van der Waals surface area contributed by atoms with E-state index in [4.69, 9.17) is 4.74 Å². The second kappa shape index (κ2) is 7.09. The molecule has 218 valence electrons. The Kier molecular flexibility index (Phi) is 3.39. The Morgan fingerprint density at radius 3 is 2.12 bits per heavy atom. The van der Waals surface area contributed by atoms with Gasteiger partial charge in [0, 0.05) is 28.4 Å². The van der Waals surface area contributed by atoms with Crippen LogP contribution in [0.3, 0.4) is 0 Å². The summed E-state index contributed by atoms with van der Waals surface area (Å²) >= 11 is 0. The van der Waals surface area contributed by atoms with E-state index in [1.807, 2.05) is 0 Å². The topological polar surface area (TPSA) is 25.8 Å². The predicted octanol–water partition coefficient (Wildman–Crippen LogP) is 8.87. The summed E-state index contributed by atoms with van der Waals surface area (Å²) in [5, 5.41) is 11.4. The van der Waals surface area contributed by atoms with Crippen molar-refractivity contribution in [3.8, 4) is 11.5 Å². The molecular weight excluding hydrogens is 589 g/mol. The van der Waals surface area contributed by atoms with E-state index >= 15 is 0 Å². The molecule has 5 nitrogen and oxygen atoms in total. The van der Waals surface area contributed by atoms with Crippen LogP contribution in [0.5, 0.6) is 11.5 Å². The third-order valence-electron chi connectivity index (χ3n) is 11.8. The monoisotopic (exact) mass is 610 g/mol. The van der Waals surface area contributed by atoms with Gasteiger partial charge in [0.05, 0.1) is 27.2 Å². The van der Waals surface area contributed by atoms with Gasteiger partial charge in [-0.1, -0.05) is 60.7 Å². The van der Waals surface area contributed by atoms with Crippen LogP contribution in [0.2, 0.25) is 0 Å². The second-order valence-electron chi connectivity index (χ2n) is 13.7. The molecule has 3 aliphatic heterocycles. The van der Waals surface area contributed by atoms with Crippen molar-refractivity contribution < 1.29 is 13.9 Å². The van der Waals surface area contributed by atoms with Crippen molar-refractivity contribution in [2.45, 2.75) is 5.66 Å². The number of fused-ring (bicyclic) bond motifs is 14. The van der Waals surface area contributed by atoms with E-state index in [1.165, 1.54) is 98.4 Å². The van der Waals surface area contributed by atoms with Gasteiger partial charge in [-0.3, -0.25) is 0 Å². The molecule has 0 bridgehead atoms. The van der Waals surface area contributed by atoms with Crippen molar-refractivity contribution in [2.75, 3.05) is 0 Å². The van der Waals surface area contributed by atoms with Crippen molar-refractivity contribution in [3.63, 3.8) is 0 Å². The Morgan fingerprint density at radius 1 is 0.521 bits per heavy atom. The van der Waals surface area contributed by atoms with Gasteiger partial charge >= 0.3 is 11.3 Å². The molecule has 1 spiro atoms. The highest BCUT2D eigenvalue weighted by Crippen LogP contribution is 2.58. The van der Waals surface area contributed by atoms with Gasteiger partial charge in [-0.15, -0.1) is 9.13 Å². The third-order valence-corrected chi connectivity index (χ3v) is 11.8. The molecule has 1 unspecified atom stereocenters. The highest BCUT2D eigenvalue weighted by molar-refractivity contribution is 6.33. The Hall–Kier alpha value is -6.46. The highest BCUT2D eigenvalue weighted by Gasteiger charge is 2.68. The zero-order valence-corrected chi connectivity index (χ0v) is 25.4. The van der Waals surface area contributed by atoms with Crippen LogP contribution in [0.1, 0.15) is 11.1 Å². The van der Waals surface area contributed by atoms with E-state index in [2.05, 4.69) is 152 Å². The maximum Gasteiger partial charge on any atom is 0.372 e. The SMILES string of the molecule is c1ccc2c(c1)c1ccccc1c1c2c2ccc3c4c2c2n1c1ccccc1[n+]2C41c2c(ccc4c2c2c(ccc[n+]21)c1cccn14)O3. The van der Waals surface area contributed by atoms with Crippen molar-refractivity contribution in [1.82, 2.24) is 8.80 Å². The van der Waals surface area contributed by atoms with Crippen LogP contribution in [0, 0.1) is 0 Å². The fraction of sp³-hybridized carbons (Fsp3) is 0.0233. The fourth-order valence-electron chi connectivity index (χ4n) is 10.3. The van der Waals surface area contributed by atoms with Crippen molar-refractivity contribution in [2.24, 2.45) is 0 Å². The standard InChI is InChI=1S/C43H22N4O/c1-3-11-25-23(9-1)24-10-2-4-12-26(24)41-35(25)28-17-19-33-38-36(28)42-46(41)30-14-5-6-15-31(30)47(42)43(38)39-34(48-33)20-18-32-37(39)40-27(13-7-22-45(40)43)29-16-8-21-44(29)32/h1-22H/q+2. The number of hydrogen-bond acceptors (Lipinski definition) is 1. The molecule has 0 radical (unpaired) electrons. The van der Waals surface area contributed by atoms with Crippen LogP contribution in [0.25, 0.3) is 87.2 Å². The summed E-state index contributed by atoms with van der Waals surface area (Å²) in [6, 6.07) is 44.8. The molecule has 0 aliphatic carbocycles. The Labute approximate surface area is 271 Å². The first-order chi connectivity index (χ1) is 23.9. The Balaban J connectivity index is 1.37. The van der Waals surface area contributed by atoms with Gasteiger partial charge in [0.2, 0.25) is 5.52 Å². The normalized spacial score (nSPS) is 17.0. The molecule has 0 fully saturated rings. The number of aromatic nitrogens is 4. The van der Waals surface area contributed by atoms with E-state index in [0.29, 0.717) is 0 Å². The summed E-state index contributed by atoms with van der Waals surface area (Å²) in [5.41, 5.74) is 10.4. The van der Waals surface area contributed by atoms with E-state index in [1.54, 1.807) is 0 Å². The predicted molar refractivity (Wildman–Crippen MR) is 189 cm³/mol. The zero-order valence-electron chi connectivity index (χ0n) is 25.4. The van der Waals surface area contributed by atoms with E-state index in [-0.39, 0.29) is 0 Å². The molecule has 3 aliphatic rings. The summed E-state index contributed by atoms with van der Waals surface area (Å²) in [7, 11) is 0. The van der Waals surface area contributed by atoms with Gasteiger partial charge in [0.25, 0.3) is 0 Å². The fourth-order valence-corrected chi connectivity index (χ4v) is 10.3.